The number of thioether (sulfide) groups is 1. The summed E-state index contributed by atoms with van der Waals surface area (Å²) in [5.74, 6) is 0.623. The average molecular weight is 379 g/mol. The summed E-state index contributed by atoms with van der Waals surface area (Å²) >= 11 is 1.64. The van der Waals surface area contributed by atoms with E-state index in [2.05, 4.69) is 34.7 Å². The Morgan fingerprint density at radius 3 is 2.78 bits per heavy atom. The lowest BCUT2D eigenvalue weighted by Gasteiger charge is -2.09. The third-order valence-electron chi connectivity index (χ3n) is 4.58. The summed E-state index contributed by atoms with van der Waals surface area (Å²) in [6.07, 6.45) is 5.29. The highest BCUT2D eigenvalue weighted by Gasteiger charge is 2.12. The molecule has 0 N–H and O–H groups in total. The molecule has 4 rings (SSSR count). The summed E-state index contributed by atoms with van der Waals surface area (Å²) in [7, 11) is 0. The summed E-state index contributed by atoms with van der Waals surface area (Å²) < 4.78 is 3.86. The van der Waals surface area contributed by atoms with Crippen LogP contribution in [0.2, 0.25) is 0 Å². The van der Waals surface area contributed by atoms with Crippen LogP contribution < -0.4 is 5.56 Å². The van der Waals surface area contributed by atoms with Crippen molar-refractivity contribution in [2.24, 2.45) is 0 Å². The van der Waals surface area contributed by atoms with Crippen molar-refractivity contribution in [2.75, 3.05) is 0 Å². The van der Waals surface area contributed by atoms with Crippen LogP contribution in [0.5, 0.6) is 0 Å². The molecular weight excluding hydrogens is 356 g/mol. The van der Waals surface area contributed by atoms with E-state index in [0.717, 1.165) is 29.3 Å². The average Bonchev–Trinajstić information content (AvgIpc) is 3.04. The van der Waals surface area contributed by atoms with Gasteiger partial charge in [-0.05, 0) is 30.7 Å². The first kappa shape index (κ1) is 17.8. The van der Waals surface area contributed by atoms with Crippen molar-refractivity contribution in [3.8, 4) is 0 Å². The molecule has 5 nitrogen and oxygen atoms in total. The second-order valence-corrected chi connectivity index (χ2v) is 7.49. The maximum absolute atomic E-state index is 12.3. The predicted octanol–water partition coefficient (Wildman–Crippen LogP) is 4.53. The van der Waals surface area contributed by atoms with Crippen molar-refractivity contribution in [1.82, 2.24) is 18.9 Å². The maximum atomic E-state index is 12.3. The molecule has 0 spiro atoms. The summed E-state index contributed by atoms with van der Waals surface area (Å²) in [5.41, 5.74) is 3.60. The Kier molecular flexibility index (Phi) is 5.25. The normalized spacial score (nSPS) is 11.4. The van der Waals surface area contributed by atoms with Crippen molar-refractivity contribution in [3.05, 3.63) is 70.8 Å². The Morgan fingerprint density at radius 2 is 1.89 bits per heavy atom. The van der Waals surface area contributed by atoms with Gasteiger partial charge in [0.1, 0.15) is 5.65 Å². The van der Waals surface area contributed by atoms with Crippen molar-refractivity contribution in [1.29, 1.82) is 0 Å². The van der Waals surface area contributed by atoms with Crippen LogP contribution >= 0.6 is 11.8 Å². The highest BCUT2D eigenvalue weighted by atomic mass is 32.2. The van der Waals surface area contributed by atoms with Crippen LogP contribution in [-0.2, 0) is 12.3 Å². The standard InChI is InChI=1S/C21H22N4OS/c1-2-3-7-12-24-18-10-5-4-9-17(18)23-21(24)27-15-16-14-20(26)25-13-8-6-11-19(25)22-16/h4-6,8-11,13-14H,2-3,7,12,15H2,1H3. The fourth-order valence-corrected chi connectivity index (χ4v) is 4.15. The van der Waals surface area contributed by atoms with Gasteiger partial charge in [-0.25, -0.2) is 9.97 Å². The Hall–Kier alpha value is -2.60. The van der Waals surface area contributed by atoms with Gasteiger partial charge in [-0.3, -0.25) is 9.20 Å². The van der Waals surface area contributed by atoms with Crippen LogP contribution in [0.4, 0.5) is 0 Å². The molecule has 0 amide bonds. The number of unbranched alkanes of at least 4 members (excludes halogenated alkanes) is 2. The monoisotopic (exact) mass is 378 g/mol. The first-order valence-electron chi connectivity index (χ1n) is 9.31. The molecule has 27 heavy (non-hydrogen) atoms. The third kappa shape index (κ3) is 3.76. The lowest BCUT2D eigenvalue weighted by molar-refractivity contribution is 0.579. The molecule has 0 aliphatic rings. The SMILES string of the molecule is CCCCCn1c(SCc2cc(=O)n3ccccc3n2)nc2ccccc21. The van der Waals surface area contributed by atoms with Crippen molar-refractivity contribution in [3.63, 3.8) is 0 Å². The molecule has 6 heteroatoms. The highest BCUT2D eigenvalue weighted by Crippen LogP contribution is 2.27. The van der Waals surface area contributed by atoms with Gasteiger partial charge in [-0.2, -0.15) is 0 Å². The van der Waals surface area contributed by atoms with E-state index in [-0.39, 0.29) is 5.56 Å². The number of imidazole rings is 1. The van der Waals surface area contributed by atoms with Crippen molar-refractivity contribution in [2.45, 2.75) is 43.6 Å². The number of aromatic nitrogens is 4. The van der Waals surface area contributed by atoms with Crippen molar-refractivity contribution < 1.29 is 0 Å². The van der Waals surface area contributed by atoms with Crippen LogP contribution in [0, 0.1) is 0 Å². The molecule has 138 valence electrons. The molecular formula is C21H22N4OS. The second-order valence-electron chi connectivity index (χ2n) is 6.55. The molecule has 0 unspecified atom stereocenters. The number of benzene rings is 1. The molecule has 3 heterocycles. The van der Waals surface area contributed by atoms with Crippen LogP contribution in [0.25, 0.3) is 16.7 Å². The topological polar surface area (TPSA) is 52.2 Å². The largest absolute Gasteiger partial charge is 0.319 e. The quantitative estimate of drug-likeness (QED) is 0.350. The molecule has 0 fully saturated rings. The maximum Gasteiger partial charge on any atom is 0.258 e. The molecule has 3 aromatic heterocycles. The van der Waals surface area contributed by atoms with Crippen LogP contribution in [0.3, 0.4) is 0 Å². The van der Waals surface area contributed by atoms with Gasteiger partial charge >= 0.3 is 0 Å². The third-order valence-corrected chi connectivity index (χ3v) is 5.59. The second kappa shape index (κ2) is 7.96. The molecule has 0 radical (unpaired) electrons. The molecule has 0 saturated heterocycles. The van der Waals surface area contributed by atoms with E-state index in [4.69, 9.17) is 4.98 Å². The van der Waals surface area contributed by atoms with Gasteiger partial charge in [0, 0.05) is 24.6 Å². The molecule has 0 aliphatic carbocycles. The van der Waals surface area contributed by atoms with Crippen molar-refractivity contribution >= 4 is 28.4 Å². The van der Waals surface area contributed by atoms with E-state index in [1.54, 1.807) is 28.4 Å². The number of hydrogen-bond acceptors (Lipinski definition) is 4. The summed E-state index contributed by atoms with van der Waals surface area (Å²) in [6, 6.07) is 15.5. The minimum absolute atomic E-state index is 0.0485. The number of para-hydroxylation sites is 2. The summed E-state index contributed by atoms with van der Waals surface area (Å²) in [4.78, 5) is 21.7. The zero-order chi connectivity index (χ0) is 18.6. The van der Waals surface area contributed by atoms with Gasteiger partial charge in [0.05, 0.1) is 16.7 Å². The van der Waals surface area contributed by atoms with Gasteiger partial charge in [-0.1, -0.05) is 49.7 Å². The number of hydrogen-bond donors (Lipinski definition) is 0. The van der Waals surface area contributed by atoms with E-state index in [1.165, 1.54) is 18.4 Å². The van der Waals surface area contributed by atoms with E-state index in [1.807, 2.05) is 24.3 Å². The number of aryl methyl sites for hydroxylation is 1. The first-order valence-corrected chi connectivity index (χ1v) is 10.3. The zero-order valence-corrected chi connectivity index (χ0v) is 16.2. The highest BCUT2D eigenvalue weighted by molar-refractivity contribution is 7.98. The van der Waals surface area contributed by atoms with E-state index < -0.39 is 0 Å². The van der Waals surface area contributed by atoms with Crippen LogP contribution in [0.1, 0.15) is 31.9 Å². The summed E-state index contributed by atoms with van der Waals surface area (Å²) in [6.45, 7) is 3.18. The molecule has 4 aromatic rings. The molecule has 0 atom stereocenters. The van der Waals surface area contributed by atoms with Gasteiger partial charge in [0.2, 0.25) is 0 Å². The lowest BCUT2D eigenvalue weighted by atomic mass is 10.2. The van der Waals surface area contributed by atoms with Gasteiger partial charge in [-0.15, -0.1) is 0 Å². The molecule has 1 aromatic carbocycles. The summed E-state index contributed by atoms with van der Waals surface area (Å²) in [5, 5.41) is 0.988. The van der Waals surface area contributed by atoms with Gasteiger partial charge < -0.3 is 4.57 Å². The van der Waals surface area contributed by atoms with E-state index in [9.17, 15) is 4.79 Å². The smallest absolute Gasteiger partial charge is 0.258 e. The fourth-order valence-electron chi connectivity index (χ4n) is 3.22. The van der Waals surface area contributed by atoms with Gasteiger partial charge in [0.25, 0.3) is 5.56 Å². The Bertz CT molecular complexity index is 1130. The predicted molar refractivity (Wildman–Crippen MR) is 110 cm³/mol. The van der Waals surface area contributed by atoms with E-state index in [0.29, 0.717) is 11.4 Å². The zero-order valence-electron chi connectivity index (χ0n) is 15.3. The molecule has 0 bridgehead atoms. The fraction of sp³-hybridized carbons (Fsp3) is 0.286. The Labute approximate surface area is 162 Å². The van der Waals surface area contributed by atoms with E-state index >= 15 is 0 Å². The Balaban J connectivity index is 1.61. The minimum Gasteiger partial charge on any atom is -0.319 e. The number of pyridine rings is 1. The number of rotatable bonds is 7. The number of fused-ring (bicyclic) bond motifs is 2. The first-order chi connectivity index (χ1) is 13.3. The Morgan fingerprint density at radius 1 is 1.04 bits per heavy atom. The molecule has 0 saturated carbocycles. The van der Waals surface area contributed by atoms with Crippen LogP contribution in [0.15, 0.2) is 64.7 Å². The lowest BCUT2D eigenvalue weighted by Crippen LogP contribution is -2.14. The molecule has 0 aliphatic heterocycles. The number of nitrogens with zero attached hydrogens (tertiary/aromatic N) is 4. The van der Waals surface area contributed by atoms with Gasteiger partial charge in [0.15, 0.2) is 5.16 Å². The van der Waals surface area contributed by atoms with Crippen LogP contribution in [-0.4, -0.2) is 18.9 Å². The minimum atomic E-state index is -0.0485.